The van der Waals surface area contributed by atoms with Crippen molar-refractivity contribution in [1.29, 1.82) is 10.5 Å². The number of halogens is 8. The third-order valence-corrected chi connectivity index (χ3v) is 11.2. The van der Waals surface area contributed by atoms with Gasteiger partial charge in [-0.25, -0.2) is 22.5 Å². The van der Waals surface area contributed by atoms with Crippen LogP contribution < -0.4 is 9.47 Å². The van der Waals surface area contributed by atoms with Gasteiger partial charge in [0.1, 0.15) is 69.0 Å². The van der Waals surface area contributed by atoms with Crippen LogP contribution >= 0.6 is 24.4 Å². The minimum Gasteiger partial charge on any atom is -0.456 e. The fraction of sp³-hybridized carbons (Fsp3) is 0.149. The van der Waals surface area contributed by atoms with Gasteiger partial charge in [-0.05, 0) is 109 Å². The number of alkyl halides is 4. The summed E-state index contributed by atoms with van der Waals surface area (Å²) in [5, 5.41) is 47.6. The number of benzene rings is 4. The summed E-state index contributed by atoms with van der Waals surface area (Å²) < 4.78 is 131. The number of nitrogens with one attached hydrogen (secondary N) is 1. The molecule has 0 bridgehead atoms. The Morgan fingerprint density at radius 3 is 1.41 bits per heavy atom. The number of thiocarbonyl (C=S) groups is 1. The average molecular weight is 1000 g/mol. The molecule has 2 unspecified atom stereocenters. The molecule has 0 saturated heterocycles. The van der Waals surface area contributed by atoms with Crippen LogP contribution in [0.3, 0.4) is 0 Å². The molecule has 3 aromatic heterocycles. The van der Waals surface area contributed by atoms with Crippen molar-refractivity contribution in [3.8, 4) is 35.1 Å². The van der Waals surface area contributed by atoms with Gasteiger partial charge in [0.25, 0.3) is 0 Å². The summed E-state index contributed by atoms with van der Waals surface area (Å²) in [7, 11) is 0. The van der Waals surface area contributed by atoms with Gasteiger partial charge in [0.05, 0.1) is 48.7 Å². The first kappa shape index (κ1) is 49.9. The molecule has 23 heteroatoms. The van der Waals surface area contributed by atoms with Crippen LogP contribution in [0.1, 0.15) is 40.1 Å². The van der Waals surface area contributed by atoms with Gasteiger partial charge in [0.15, 0.2) is 11.2 Å². The molecule has 0 fully saturated rings. The summed E-state index contributed by atoms with van der Waals surface area (Å²) in [5.74, 6) is -12.2. The average Bonchev–Trinajstić information content (AvgIpc) is 3.94. The largest absolute Gasteiger partial charge is 0.456 e. The second kappa shape index (κ2) is 20.3. The van der Waals surface area contributed by atoms with Crippen LogP contribution in [0.5, 0.6) is 23.0 Å². The molecule has 4 heterocycles. The Kier molecular flexibility index (Phi) is 14.5. The number of β-amino-alcohol motifs (C(OH)–C–C–N with tert-alkyl or cyclic N) is 1. The molecule has 7 aromatic rings. The third-order valence-electron chi connectivity index (χ3n) is 10.5. The minimum absolute atomic E-state index is 0.0987. The lowest BCUT2D eigenvalue weighted by Crippen LogP contribution is -2.51. The lowest BCUT2D eigenvalue weighted by Gasteiger charge is -2.38. The van der Waals surface area contributed by atoms with Crippen molar-refractivity contribution >= 4 is 35.6 Å². The lowest BCUT2D eigenvalue weighted by atomic mass is 9.84. The van der Waals surface area contributed by atoms with Gasteiger partial charge in [-0.1, -0.05) is 12.2 Å². The first-order valence-corrected chi connectivity index (χ1v) is 20.9. The molecule has 13 nitrogen and oxygen atoms in total. The summed E-state index contributed by atoms with van der Waals surface area (Å²) in [6.07, 6.45) is 4.71. The zero-order valence-corrected chi connectivity index (χ0v) is 37.1. The summed E-state index contributed by atoms with van der Waals surface area (Å²) in [6, 6.07) is 24.1. The molecule has 0 radical (unpaired) electrons. The highest BCUT2D eigenvalue weighted by Crippen LogP contribution is 2.48. The van der Waals surface area contributed by atoms with Crippen LogP contribution in [0, 0.1) is 50.7 Å². The van der Waals surface area contributed by atoms with E-state index in [9.17, 15) is 27.8 Å². The van der Waals surface area contributed by atoms with Crippen LogP contribution in [-0.2, 0) is 29.6 Å². The van der Waals surface area contributed by atoms with E-state index >= 15 is 17.6 Å². The molecule has 3 N–H and O–H groups in total. The van der Waals surface area contributed by atoms with Gasteiger partial charge >= 0.3 is 11.8 Å². The number of aromatic nitrogens is 5. The molecule has 70 heavy (non-hydrogen) atoms. The molecule has 0 amide bonds. The Morgan fingerprint density at radius 2 is 1.06 bits per heavy atom. The number of ether oxygens (including phenoxy) is 2. The summed E-state index contributed by atoms with van der Waals surface area (Å²) in [4.78, 5) is 11.3. The number of aliphatic hydroxyl groups is 2. The highest BCUT2D eigenvalue weighted by atomic mass is 32.1. The molecule has 1 aliphatic rings. The van der Waals surface area contributed by atoms with Gasteiger partial charge in [0, 0.05) is 35.9 Å². The first-order chi connectivity index (χ1) is 33.3. The zero-order valence-electron chi connectivity index (χ0n) is 35.5. The lowest BCUT2D eigenvalue weighted by molar-refractivity contribution is -0.207. The number of rotatable bonds is 14. The first-order valence-electron chi connectivity index (χ1n) is 20.1. The van der Waals surface area contributed by atoms with Crippen LogP contribution in [0.25, 0.3) is 0 Å². The van der Waals surface area contributed by atoms with E-state index in [0.29, 0.717) is 34.8 Å². The number of aromatic amines is 1. The van der Waals surface area contributed by atoms with E-state index in [2.05, 4.69) is 25.2 Å². The number of hydrazone groups is 1. The SMILES string of the molecule is N#Cc1ccc(Oc2ccc(C(F)(F)C(O)(CN3N=CCC3=S)c3ccc(F)cc3F)nc2)cc1.N#Cc1ccc(Oc2ccc(C(F)(F)C(O)(Cn3[nH]cnc3=S)c3ccc(F)cc3F)nc2)cc1. The number of nitrogens with zero attached hydrogens (tertiary/aromatic N) is 8. The van der Waals surface area contributed by atoms with Crippen LogP contribution in [0.4, 0.5) is 35.1 Å². The molecule has 0 aliphatic carbocycles. The fourth-order valence-electron chi connectivity index (χ4n) is 6.85. The Balaban J connectivity index is 0.000000206. The Bertz CT molecular complexity index is 3200. The number of H-pyrrole nitrogens is 1. The smallest absolute Gasteiger partial charge is 0.323 e. The van der Waals surface area contributed by atoms with E-state index in [4.69, 9.17) is 44.4 Å². The van der Waals surface area contributed by atoms with Crippen LogP contribution in [0.2, 0.25) is 0 Å². The molecule has 4 aromatic carbocycles. The topological polar surface area (TPSA) is 181 Å². The maximum atomic E-state index is 15.8. The molecular formula is C47H31F8N9O4S2. The van der Waals surface area contributed by atoms with Gasteiger partial charge in [0.2, 0.25) is 4.77 Å². The van der Waals surface area contributed by atoms with Crippen molar-refractivity contribution in [2.24, 2.45) is 5.10 Å². The van der Waals surface area contributed by atoms with E-state index in [1.54, 1.807) is 0 Å². The van der Waals surface area contributed by atoms with Crippen molar-refractivity contribution in [2.45, 2.75) is 36.0 Å². The summed E-state index contributed by atoms with van der Waals surface area (Å²) >= 11 is 10.0. The van der Waals surface area contributed by atoms with E-state index in [1.807, 2.05) is 12.1 Å². The highest BCUT2D eigenvalue weighted by molar-refractivity contribution is 7.80. The van der Waals surface area contributed by atoms with Crippen molar-refractivity contribution in [3.05, 3.63) is 190 Å². The predicted octanol–water partition coefficient (Wildman–Crippen LogP) is 9.98. The van der Waals surface area contributed by atoms with Gasteiger partial charge in [-0.15, -0.1) is 0 Å². The van der Waals surface area contributed by atoms with Gasteiger partial charge < -0.3 is 19.7 Å². The normalized spacial score (nSPS) is 14.1. The Hall–Kier alpha value is -7.96. The van der Waals surface area contributed by atoms with E-state index in [0.717, 1.165) is 64.8 Å². The summed E-state index contributed by atoms with van der Waals surface area (Å²) in [6.45, 7) is -1.84. The number of hydrogen-bond acceptors (Lipinski definition) is 12. The quantitative estimate of drug-likeness (QED) is 0.0694. The second-order valence-electron chi connectivity index (χ2n) is 15.1. The minimum atomic E-state index is -4.18. The number of hydrogen-bond donors (Lipinski definition) is 3. The van der Waals surface area contributed by atoms with Crippen LogP contribution in [-0.4, -0.2) is 57.7 Å². The molecule has 2 atom stereocenters. The molecule has 356 valence electrons. The highest BCUT2D eigenvalue weighted by Gasteiger charge is 2.59. The van der Waals surface area contributed by atoms with E-state index in [1.165, 1.54) is 66.9 Å². The molecule has 8 rings (SSSR count). The second-order valence-corrected chi connectivity index (χ2v) is 15.9. The molecule has 0 saturated carbocycles. The van der Waals surface area contributed by atoms with Crippen LogP contribution in [0.15, 0.2) is 133 Å². The van der Waals surface area contributed by atoms with Crippen molar-refractivity contribution < 1.29 is 54.8 Å². The third kappa shape index (κ3) is 10.4. The van der Waals surface area contributed by atoms with Crippen molar-refractivity contribution in [1.82, 2.24) is 29.7 Å². The van der Waals surface area contributed by atoms with Crippen molar-refractivity contribution in [3.63, 3.8) is 0 Å². The zero-order chi connectivity index (χ0) is 50.4. The molecular weight excluding hydrogens is 971 g/mol. The Labute approximate surface area is 401 Å². The predicted molar refractivity (Wildman–Crippen MR) is 239 cm³/mol. The number of pyridine rings is 2. The maximum Gasteiger partial charge on any atom is 0.323 e. The number of nitriles is 2. The monoisotopic (exact) mass is 1000 g/mol. The molecule has 0 spiro atoms. The van der Waals surface area contributed by atoms with E-state index in [-0.39, 0.29) is 27.7 Å². The maximum absolute atomic E-state index is 15.8. The summed E-state index contributed by atoms with van der Waals surface area (Å²) in [5.41, 5.74) is -9.10. The Morgan fingerprint density at radius 1 is 0.614 bits per heavy atom. The molecule has 1 aliphatic heterocycles. The van der Waals surface area contributed by atoms with E-state index < -0.39 is 81.9 Å². The standard InChI is InChI=1S/C24H16F4N4O2S.C23H15F4N5O2S/c25-16-3-7-19(20(26)11-16)23(33,14-32-22(35)9-10-31-32)24(27,28)21-8-6-18(13-30-21)34-17-4-1-15(12-29)2-5-17;24-15-3-7-18(19(25)9-15)22(33,12-32-21(35)30-13-31-32)23(26,27)20-8-6-17(11-29-20)34-16-4-1-14(10-28)2-5-16/h1-8,10-11,13,33H,9,14H2;1-9,11,13,33H,12H2,(H,30,31,35). The fourth-order valence-corrected chi connectivity index (χ4v) is 7.21. The van der Waals surface area contributed by atoms with Gasteiger partial charge in [-0.3, -0.25) is 24.8 Å². The van der Waals surface area contributed by atoms with Crippen molar-refractivity contribution in [2.75, 3.05) is 6.54 Å². The van der Waals surface area contributed by atoms with Gasteiger partial charge in [-0.2, -0.15) is 33.2 Å².